The molecule has 0 aliphatic rings. The van der Waals surface area contributed by atoms with Crippen LogP contribution in [0.25, 0.3) is 34.6 Å². The van der Waals surface area contributed by atoms with Crippen molar-refractivity contribution in [2.45, 2.75) is 19.9 Å². The normalized spacial score (nSPS) is 11.5. The van der Waals surface area contributed by atoms with E-state index in [1.807, 2.05) is 38.1 Å². The first-order valence-corrected chi connectivity index (χ1v) is 9.94. The molecule has 2 aromatic carbocycles. The van der Waals surface area contributed by atoms with Crippen molar-refractivity contribution in [3.05, 3.63) is 68.6 Å². The topological polar surface area (TPSA) is 112 Å². The Morgan fingerprint density at radius 3 is 2.53 bits per heavy atom. The molecule has 164 valence electrons. The van der Waals surface area contributed by atoms with Gasteiger partial charge in [-0.05, 0) is 55.8 Å². The Bertz CT molecular complexity index is 1430. The highest BCUT2D eigenvalue weighted by molar-refractivity contribution is 5.80. The van der Waals surface area contributed by atoms with Gasteiger partial charge in [0.1, 0.15) is 0 Å². The second-order valence-corrected chi connectivity index (χ2v) is 7.36. The zero-order chi connectivity index (χ0) is 22.8. The number of hydrogen-bond donors (Lipinski definition) is 1. The van der Waals surface area contributed by atoms with E-state index in [9.17, 15) is 9.59 Å². The van der Waals surface area contributed by atoms with Crippen molar-refractivity contribution in [2.75, 3.05) is 14.2 Å². The fourth-order valence-corrected chi connectivity index (χ4v) is 3.44. The monoisotopic (exact) mass is 434 g/mol. The van der Waals surface area contributed by atoms with Crippen LogP contribution in [0.5, 0.6) is 11.5 Å². The van der Waals surface area contributed by atoms with E-state index in [1.165, 1.54) is 4.57 Å². The van der Waals surface area contributed by atoms with Gasteiger partial charge in [0.15, 0.2) is 11.5 Å². The Kier molecular flexibility index (Phi) is 5.63. The van der Waals surface area contributed by atoms with Crippen LogP contribution >= 0.6 is 0 Å². The number of benzene rings is 2. The third-order valence-corrected chi connectivity index (χ3v) is 4.96. The summed E-state index contributed by atoms with van der Waals surface area (Å²) in [4.78, 5) is 31.3. The smallest absolute Gasteiger partial charge is 0.316 e. The Hall–Kier alpha value is -4.14. The van der Waals surface area contributed by atoms with Crippen molar-refractivity contribution in [3.63, 3.8) is 0 Å². The highest BCUT2D eigenvalue weighted by atomic mass is 16.5. The highest BCUT2D eigenvalue weighted by Gasteiger charge is 2.13. The molecule has 9 heteroatoms. The molecular weight excluding hydrogens is 412 g/mol. The van der Waals surface area contributed by atoms with E-state index in [2.05, 4.69) is 15.1 Å². The summed E-state index contributed by atoms with van der Waals surface area (Å²) >= 11 is 0. The summed E-state index contributed by atoms with van der Waals surface area (Å²) in [5, 5.41) is 4.02. The zero-order valence-corrected chi connectivity index (χ0v) is 18.1. The van der Waals surface area contributed by atoms with Crippen molar-refractivity contribution in [1.82, 2.24) is 19.7 Å². The predicted octanol–water partition coefficient (Wildman–Crippen LogP) is 3.51. The van der Waals surface area contributed by atoms with Crippen LogP contribution in [0.3, 0.4) is 0 Å². The molecule has 2 aromatic heterocycles. The first-order valence-electron chi connectivity index (χ1n) is 9.94. The molecular formula is C23H22N4O5. The van der Waals surface area contributed by atoms with Gasteiger partial charge in [-0.3, -0.25) is 14.2 Å². The Morgan fingerprint density at radius 2 is 1.81 bits per heavy atom. The first kappa shape index (κ1) is 21.1. The molecule has 9 nitrogen and oxygen atoms in total. The molecule has 0 atom stereocenters. The number of hydrogen-bond acceptors (Lipinski definition) is 7. The number of nitrogens with zero attached hydrogens (tertiary/aromatic N) is 3. The van der Waals surface area contributed by atoms with Crippen molar-refractivity contribution >= 4 is 23.2 Å². The van der Waals surface area contributed by atoms with E-state index in [4.69, 9.17) is 14.0 Å². The first-order chi connectivity index (χ1) is 15.4. The Balaban J connectivity index is 1.65. The van der Waals surface area contributed by atoms with E-state index in [0.717, 1.165) is 5.56 Å². The third-order valence-electron chi connectivity index (χ3n) is 4.96. The molecule has 0 amide bonds. The van der Waals surface area contributed by atoms with E-state index >= 15 is 0 Å². The molecule has 0 radical (unpaired) electrons. The lowest BCUT2D eigenvalue weighted by Gasteiger charge is -2.13. The van der Waals surface area contributed by atoms with Crippen LogP contribution in [0.1, 0.15) is 31.3 Å². The average Bonchev–Trinajstić information content (AvgIpc) is 3.26. The fraction of sp³-hybridized carbons (Fsp3) is 0.217. The molecule has 2 heterocycles. The summed E-state index contributed by atoms with van der Waals surface area (Å²) < 4.78 is 17.3. The summed E-state index contributed by atoms with van der Waals surface area (Å²) in [5.41, 5.74) is 1.42. The minimum absolute atomic E-state index is 0.156. The van der Waals surface area contributed by atoms with Crippen molar-refractivity contribution in [3.8, 4) is 22.9 Å². The molecule has 0 saturated heterocycles. The van der Waals surface area contributed by atoms with Gasteiger partial charge in [0, 0.05) is 17.7 Å². The molecule has 0 spiro atoms. The lowest BCUT2D eigenvalue weighted by molar-refractivity contribution is 0.355. The van der Waals surface area contributed by atoms with Gasteiger partial charge in [-0.15, -0.1) is 0 Å². The average molecular weight is 434 g/mol. The van der Waals surface area contributed by atoms with Crippen molar-refractivity contribution in [1.29, 1.82) is 0 Å². The zero-order valence-electron chi connectivity index (χ0n) is 18.1. The van der Waals surface area contributed by atoms with Gasteiger partial charge >= 0.3 is 11.1 Å². The number of fused-ring (bicyclic) bond motifs is 1. The molecule has 0 fully saturated rings. The lowest BCUT2D eigenvalue weighted by Crippen LogP contribution is -2.37. The number of nitrogens with one attached hydrogen (secondary N) is 1. The molecule has 0 bridgehead atoms. The number of aromatic nitrogens is 4. The quantitative estimate of drug-likeness (QED) is 0.462. The molecule has 1 N–H and O–H groups in total. The molecule has 4 rings (SSSR count). The van der Waals surface area contributed by atoms with E-state index in [-0.39, 0.29) is 6.04 Å². The summed E-state index contributed by atoms with van der Waals surface area (Å²) in [5.74, 6) is 1.94. The van der Waals surface area contributed by atoms with Crippen LogP contribution in [-0.4, -0.2) is 33.9 Å². The van der Waals surface area contributed by atoms with E-state index < -0.39 is 11.1 Å². The van der Waals surface area contributed by atoms with Gasteiger partial charge in [-0.25, -0.2) is 0 Å². The van der Waals surface area contributed by atoms with Gasteiger partial charge in [0.25, 0.3) is 5.89 Å². The largest absolute Gasteiger partial charge is 0.493 e. The second-order valence-electron chi connectivity index (χ2n) is 7.36. The van der Waals surface area contributed by atoms with Gasteiger partial charge in [-0.1, -0.05) is 11.2 Å². The SMILES string of the molecule is COc1ccc(/C=C/c2nc(-c3ccc4c(c3)[nH]c(=O)c(=O)n4C(C)C)no2)cc1OC. The Morgan fingerprint density at radius 1 is 1.03 bits per heavy atom. The highest BCUT2D eigenvalue weighted by Crippen LogP contribution is 2.28. The molecule has 0 unspecified atom stereocenters. The standard InChI is InChI=1S/C23H22N4O5/c1-13(2)27-17-8-7-15(12-16(17)24-22(28)23(27)29)21-25-20(32-26-21)10-6-14-5-9-18(30-3)19(11-14)31-4/h5-13H,1-4H3,(H,24,28)/b10-6+. The number of rotatable bonds is 6. The van der Waals surface area contributed by atoms with Crippen LogP contribution in [0, 0.1) is 0 Å². The maximum absolute atomic E-state index is 12.2. The van der Waals surface area contributed by atoms with Crippen LogP contribution in [-0.2, 0) is 0 Å². The molecule has 32 heavy (non-hydrogen) atoms. The Labute approximate surface area is 182 Å². The number of ether oxygens (including phenoxy) is 2. The lowest BCUT2D eigenvalue weighted by atomic mass is 10.1. The van der Waals surface area contributed by atoms with Crippen LogP contribution in [0.2, 0.25) is 0 Å². The fourth-order valence-electron chi connectivity index (χ4n) is 3.44. The van der Waals surface area contributed by atoms with Crippen LogP contribution in [0.4, 0.5) is 0 Å². The van der Waals surface area contributed by atoms with E-state index in [0.29, 0.717) is 39.8 Å². The number of H-pyrrole nitrogens is 1. The summed E-state index contributed by atoms with van der Waals surface area (Å²) in [6.07, 6.45) is 3.51. The molecule has 0 aliphatic carbocycles. The molecule has 0 saturated carbocycles. The molecule has 4 aromatic rings. The predicted molar refractivity (Wildman–Crippen MR) is 121 cm³/mol. The maximum atomic E-state index is 12.2. The maximum Gasteiger partial charge on any atom is 0.316 e. The molecule has 0 aliphatic heterocycles. The van der Waals surface area contributed by atoms with Gasteiger partial charge in [0.2, 0.25) is 5.82 Å². The summed E-state index contributed by atoms with van der Waals surface area (Å²) in [6.45, 7) is 3.70. The van der Waals surface area contributed by atoms with Crippen molar-refractivity contribution < 1.29 is 14.0 Å². The van der Waals surface area contributed by atoms with Gasteiger partial charge < -0.3 is 19.0 Å². The van der Waals surface area contributed by atoms with Gasteiger partial charge in [0.05, 0.1) is 25.3 Å². The summed E-state index contributed by atoms with van der Waals surface area (Å²) in [6, 6.07) is 10.6. The van der Waals surface area contributed by atoms with Crippen LogP contribution in [0.15, 0.2) is 50.5 Å². The second kappa shape index (κ2) is 8.54. The summed E-state index contributed by atoms with van der Waals surface area (Å²) in [7, 11) is 3.16. The van der Waals surface area contributed by atoms with Crippen LogP contribution < -0.4 is 20.6 Å². The van der Waals surface area contributed by atoms with E-state index in [1.54, 1.807) is 38.5 Å². The van der Waals surface area contributed by atoms with Gasteiger partial charge in [-0.2, -0.15) is 4.98 Å². The third kappa shape index (κ3) is 3.92. The minimum atomic E-state index is -0.671. The number of aromatic amines is 1. The van der Waals surface area contributed by atoms with Crippen molar-refractivity contribution in [2.24, 2.45) is 0 Å². The minimum Gasteiger partial charge on any atom is -0.493 e. The number of methoxy groups -OCH3 is 2.